The van der Waals surface area contributed by atoms with Crippen LogP contribution in [0.3, 0.4) is 0 Å². The second-order valence-corrected chi connectivity index (χ2v) is 6.52. The van der Waals surface area contributed by atoms with Crippen molar-refractivity contribution in [2.45, 2.75) is 47.7 Å². The molecule has 0 spiro atoms. The topological polar surface area (TPSA) is 79.2 Å². The summed E-state index contributed by atoms with van der Waals surface area (Å²) >= 11 is 0. The molecule has 0 aliphatic heterocycles. The van der Waals surface area contributed by atoms with Crippen molar-refractivity contribution in [1.29, 1.82) is 0 Å². The molecular formula is C19H28N4O2. The summed E-state index contributed by atoms with van der Waals surface area (Å²) < 4.78 is 1.80. The van der Waals surface area contributed by atoms with Crippen molar-refractivity contribution in [3.8, 4) is 0 Å². The largest absolute Gasteiger partial charge is 0.394 e. The Hall–Kier alpha value is -2.18. The third-order valence-electron chi connectivity index (χ3n) is 4.37. The van der Waals surface area contributed by atoms with Gasteiger partial charge < -0.3 is 15.7 Å². The Morgan fingerprint density at radius 2 is 1.80 bits per heavy atom. The van der Waals surface area contributed by atoms with Crippen molar-refractivity contribution < 1.29 is 9.90 Å². The van der Waals surface area contributed by atoms with Gasteiger partial charge in [0.05, 0.1) is 25.4 Å². The van der Waals surface area contributed by atoms with Gasteiger partial charge in [-0.1, -0.05) is 17.7 Å². The van der Waals surface area contributed by atoms with Crippen LogP contribution in [-0.4, -0.2) is 33.9 Å². The third kappa shape index (κ3) is 4.67. The van der Waals surface area contributed by atoms with E-state index in [1.165, 1.54) is 5.56 Å². The molecule has 0 atom stereocenters. The van der Waals surface area contributed by atoms with Crippen LogP contribution in [0.4, 0.5) is 5.69 Å². The zero-order valence-electron chi connectivity index (χ0n) is 15.7. The molecule has 3 N–H and O–H groups in total. The van der Waals surface area contributed by atoms with Crippen LogP contribution in [0.15, 0.2) is 12.1 Å². The molecule has 6 heteroatoms. The first-order valence-electron chi connectivity index (χ1n) is 8.55. The van der Waals surface area contributed by atoms with Crippen molar-refractivity contribution in [3.63, 3.8) is 0 Å². The van der Waals surface area contributed by atoms with Crippen LogP contribution >= 0.6 is 0 Å². The fraction of sp³-hybridized carbons (Fsp3) is 0.474. The van der Waals surface area contributed by atoms with Gasteiger partial charge in [-0.15, -0.1) is 0 Å². The number of carbonyl (C=O) groups excluding carboxylic acids is 1. The number of anilines is 1. The minimum absolute atomic E-state index is 0.0619. The summed E-state index contributed by atoms with van der Waals surface area (Å²) in [7, 11) is 0. The molecule has 1 amide bonds. The highest BCUT2D eigenvalue weighted by molar-refractivity contribution is 5.93. The summed E-state index contributed by atoms with van der Waals surface area (Å²) in [5.41, 5.74) is 7.24. The minimum Gasteiger partial charge on any atom is -0.394 e. The van der Waals surface area contributed by atoms with Crippen molar-refractivity contribution in [2.75, 3.05) is 18.5 Å². The van der Waals surface area contributed by atoms with Crippen LogP contribution in [0.2, 0.25) is 0 Å². The smallest absolute Gasteiger partial charge is 0.238 e. The predicted molar refractivity (Wildman–Crippen MR) is 99.8 cm³/mol. The number of aliphatic hydroxyl groups excluding tert-OH is 1. The number of amides is 1. The van der Waals surface area contributed by atoms with E-state index in [0.29, 0.717) is 13.1 Å². The average Bonchev–Trinajstić information content (AvgIpc) is 2.78. The van der Waals surface area contributed by atoms with Gasteiger partial charge in [-0.2, -0.15) is 5.10 Å². The Kier molecular flexibility index (Phi) is 6.33. The van der Waals surface area contributed by atoms with Crippen LogP contribution in [0.1, 0.15) is 33.6 Å². The van der Waals surface area contributed by atoms with E-state index in [0.717, 1.165) is 33.8 Å². The van der Waals surface area contributed by atoms with Gasteiger partial charge in [0.25, 0.3) is 0 Å². The number of carbonyl (C=O) groups is 1. The number of rotatable bonds is 7. The Morgan fingerprint density at radius 1 is 1.16 bits per heavy atom. The number of aromatic nitrogens is 2. The monoisotopic (exact) mass is 344 g/mol. The van der Waals surface area contributed by atoms with Crippen LogP contribution in [0.5, 0.6) is 0 Å². The fourth-order valence-corrected chi connectivity index (χ4v) is 3.16. The van der Waals surface area contributed by atoms with E-state index < -0.39 is 0 Å². The minimum atomic E-state index is -0.0619. The molecule has 6 nitrogen and oxygen atoms in total. The Bertz CT molecular complexity index is 742. The summed E-state index contributed by atoms with van der Waals surface area (Å²) in [6, 6.07) is 4.14. The van der Waals surface area contributed by atoms with Gasteiger partial charge in [0, 0.05) is 23.5 Å². The van der Waals surface area contributed by atoms with E-state index >= 15 is 0 Å². The highest BCUT2D eigenvalue weighted by Gasteiger charge is 2.12. The van der Waals surface area contributed by atoms with E-state index in [2.05, 4.69) is 34.8 Å². The normalized spacial score (nSPS) is 11.0. The SMILES string of the molecule is Cc1cc(C)c(NC(=O)CNCc2c(C)nn(CCO)c2C)c(C)c1. The summed E-state index contributed by atoms with van der Waals surface area (Å²) in [4.78, 5) is 12.2. The van der Waals surface area contributed by atoms with Crippen LogP contribution < -0.4 is 10.6 Å². The highest BCUT2D eigenvalue weighted by atomic mass is 16.3. The molecule has 136 valence electrons. The lowest BCUT2D eigenvalue weighted by atomic mass is 10.1. The lowest BCUT2D eigenvalue weighted by molar-refractivity contribution is -0.115. The molecule has 2 aromatic rings. The molecular weight excluding hydrogens is 316 g/mol. The van der Waals surface area contributed by atoms with Gasteiger partial charge in [-0.25, -0.2) is 0 Å². The number of nitrogens with zero attached hydrogens (tertiary/aromatic N) is 2. The number of nitrogens with one attached hydrogen (secondary N) is 2. The number of aliphatic hydroxyl groups is 1. The molecule has 0 saturated heterocycles. The van der Waals surface area contributed by atoms with Gasteiger partial charge in [0.1, 0.15) is 0 Å². The zero-order valence-corrected chi connectivity index (χ0v) is 15.7. The maximum Gasteiger partial charge on any atom is 0.238 e. The maximum absolute atomic E-state index is 12.2. The van der Waals surface area contributed by atoms with E-state index in [4.69, 9.17) is 5.11 Å². The van der Waals surface area contributed by atoms with Gasteiger partial charge in [0.15, 0.2) is 0 Å². The lowest BCUT2D eigenvalue weighted by Crippen LogP contribution is -2.28. The maximum atomic E-state index is 12.2. The second-order valence-electron chi connectivity index (χ2n) is 6.52. The van der Waals surface area contributed by atoms with E-state index in [1.807, 2.05) is 27.7 Å². The van der Waals surface area contributed by atoms with E-state index in [1.54, 1.807) is 4.68 Å². The summed E-state index contributed by atoms with van der Waals surface area (Å²) in [5, 5.41) is 19.7. The summed E-state index contributed by atoms with van der Waals surface area (Å²) in [6.45, 7) is 11.3. The number of hydrogen-bond donors (Lipinski definition) is 3. The third-order valence-corrected chi connectivity index (χ3v) is 4.37. The van der Waals surface area contributed by atoms with Gasteiger partial charge in [-0.3, -0.25) is 9.48 Å². The Labute approximate surface area is 149 Å². The van der Waals surface area contributed by atoms with Crippen LogP contribution in [0.25, 0.3) is 0 Å². The lowest BCUT2D eigenvalue weighted by Gasteiger charge is -2.13. The molecule has 0 bridgehead atoms. The fourth-order valence-electron chi connectivity index (χ4n) is 3.16. The summed E-state index contributed by atoms with van der Waals surface area (Å²) in [6.07, 6.45) is 0. The van der Waals surface area contributed by atoms with Crippen molar-refractivity contribution in [2.24, 2.45) is 0 Å². The molecule has 1 aromatic carbocycles. The molecule has 1 heterocycles. The number of hydrogen-bond acceptors (Lipinski definition) is 4. The van der Waals surface area contributed by atoms with Crippen molar-refractivity contribution in [1.82, 2.24) is 15.1 Å². The molecule has 0 unspecified atom stereocenters. The highest BCUT2D eigenvalue weighted by Crippen LogP contribution is 2.21. The van der Waals surface area contributed by atoms with Gasteiger partial charge in [-0.05, 0) is 45.7 Å². The quantitative estimate of drug-likeness (QED) is 0.719. The van der Waals surface area contributed by atoms with Crippen molar-refractivity contribution in [3.05, 3.63) is 45.8 Å². The van der Waals surface area contributed by atoms with Gasteiger partial charge in [0.2, 0.25) is 5.91 Å². The van der Waals surface area contributed by atoms with Crippen molar-refractivity contribution >= 4 is 11.6 Å². The van der Waals surface area contributed by atoms with E-state index in [9.17, 15) is 4.79 Å². The molecule has 0 saturated carbocycles. The molecule has 25 heavy (non-hydrogen) atoms. The number of benzene rings is 1. The van der Waals surface area contributed by atoms with E-state index in [-0.39, 0.29) is 19.1 Å². The summed E-state index contributed by atoms with van der Waals surface area (Å²) in [5.74, 6) is -0.0619. The molecule has 1 aromatic heterocycles. The first-order valence-corrected chi connectivity index (χ1v) is 8.55. The number of aryl methyl sites for hydroxylation is 4. The first-order chi connectivity index (χ1) is 11.8. The molecule has 0 radical (unpaired) electrons. The molecule has 0 aliphatic carbocycles. The molecule has 0 aliphatic rings. The second kappa shape index (κ2) is 8.27. The zero-order chi connectivity index (χ0) is 18.6. The predicted octanol–water partition coefficient (Wildman–Crippen LogP) is 2.15. The standard InChI is InChI=1S/C19H28N4O2/c1-12-8-13(2)19(14(3)9-12)21-18(25)11-20-10-17-15(4)22-23(6-7-24)16(17)5/h8-9,20,24H,6-7,10-11H2,1-5H3,(H,21,25). The first kappa shape index (κ1) is 19.1. The van der Waals surface area contributed by atoms with Crippen LogP contribution in [-0.2, 0) is 17.9 Å². The molecule has 2 rings (SSSR count). The Balaban J connectivity index is 1.94. The Morgan fingerprint density at radius 3 is 2.40 bits per heavy atom. The average molecular weight is 344 g/mol. The van der Waals surface area contributed by atoms with Gasteiger partial charge >= 0.3 is 0 Å². The van der Waals surface area contributed by atoms with Crippen LogP contribution in [0, 0.1) is 34.6 Å². The molecule has 0 fully saturated rings.